The number of nitrogen functional groups attached to an aromatic ring is 2. The summed E-state index contributed by atoms with van der Waals surface area (Å²) in [5.41, 5.74) is 22.2. The lowest BCUT2D eigenvalue weighted by atomic mass is 9.71. The lowest BCUT2D eigenvalue weighted by molar-refractivity contribution is 0.0965. The summed E-state index contributed by atoms with van der Waals surface area (Å²) >= 11 is 0. The van der Waals surface area contributed by atoms with E-state index in [1.54, 1.807) is 0 Å². The van der Waals surface area contributed by atoms with Crippen LogP contribution in [0.3, 0.4) is 0 Å². The smallest absolute Gasteiger partial charge is 0.319 e. The number of benzene rings is 2. The van der Waals surface area contributed by atoms with E-state index in [9.17, 15) is 9.59 Å². The molecule has 2 aromatic carbocycles. The number of hydrogen-bond acceptors (Lipinski definition) is 4. The van der Waals surface area contributed by atoms with Gasteiger partial charge in [-0.05, 0) is 54.7 Å². The molecule has 0 heterocycles. The number of hydrogen-bond donors (Lipinski definition) is 4. The van der Waals surface area contributed by atoms with Crippen LogP contribution in [0.5, 0.6) is 0 Å². The van der Waals surface area contributed by atoms with Crippen molar-refractivity contribution in [3.05, 3.63) is 34.9 Å². The summed E-state index contributed by atoms with van der Waals surface area (Å²) in [7, 11) is 0. The van der Waals surface area contributed by atoms with Gasteiger partial charge in [-0.3, -0.25) is 10.1 Å². The number of rotatable bonds is 3. The second-order valence-corrected chi connectivity index (χ2v) is 8.87. The number of carbonyl (C=O) groups is 2. The van der Waals surface area contributed by atoms with Crippen LogP contribution in [0, 0.1) is 0 Å². The van der Waals surface area contributed by atoms with Gasteiger partial charge in [-0.15, -0.1) is 0 Å². The molecular weight excluding hydrogens is 376 g/mol. The summed E-state index contributed by atoms with van der Waals surface area (Å²) in [5, 5.41) is 4.07. The molecule has 2 aliphatic rings. The highest BCUT2D eigenvalue weighted by atomic mass is 16.2. The second kappa shape index (κ2) is 8.54. The molecule has 0 aromatic heterocycles. The Morgan fingerprint density at radius 3 is 1.97 bits per heavy atom. The number of nitrogens with one attached hydrogen (secondary N) is 1. The zero-order valence-corrected chi connectivity index (χ0v) is 17.5. The van der Waals surface area contributed by atoms with Crippen molar-refractivity contribution in [2.45, 2.75) is 76.0 Å². The van der Waals surface area contributed by atoms with Crippen molar-refractivity contribution in [2.75, 3.05) is 11.5 Å². The van der Waals surface area contributed by atoms with Gasteiger partial charge in [0.2, 0.25) is 0 Å². The number of urea groups is 1. The van der Waals surface area contributed by atoms with Crippen LogP contribution in [0.25, 0.3) is 10.8 Å². The van der Waals surface area contributed by atoms with Crippen molar-refractivity contribution in [1.29, 1.82) is 0 Å². The molecular formula is C24H32N4O2. The minimum Gasteiger partial charge on any atom is -0.398 e. The van der Waals surface area contributed by atoms with E-state index in [1.807, 2.05) is 18.2 Å². The minimum atomic E-state index is -0.860. The molecule has 0 saturated heterocycles. The number of fused-ring (bicyclic) bond motifs is 1. The van der Waals surface area contributed by atoms with Crippen LogP contribution in [0.4, 0.5) is 16.2 Å². The molecule has 2 aliphatic carbocycles. The molecule has 4 rings (SSSR count). The van der Waals surface area contributed by atoms with Crippen molar-refractivity contribution in [2.24, 2.45) is 5.73 Å². The first-order valence-electron chi connectivity index (χ1n) is 11.2. The highest BCUT2D eigenvalue weighted by Gasteiger charge is 2.33. The number of amides is 3. The molecule has 2 fully saturated rings. The third-order valence-electron chi connectivity index (χ3n) is 6.98. The van der Waals surface area contributed by atoms with Crippen molar-refractivity contribution in [3.8, 4) is 0 Å². The fraction of sp³-hybridized carbons (Fsp3) is 0.500. The fourth-order valence-corrected chi connectivity index (χ4v) is 5.69. The van der Waals surface area contributed by atoms with Gasteiger partial charge in [0.1, 0.15) is 0 Å². The SMILES string of the molecule is NC(=O)NC(=O)c1c(C2CCCCC2)c(C2CCCCC2)c2c(N)cccc2c1N. The molecule has 3 amide bonds. The van der Waals surface area contributed by atoms with Gasteiger partial charge in [-0.1, -0.05) is 50.7 Å². The van der Waals surface area contributed by atoms with E-state index in [2.05, 4.69) is 5.32 Å². The lowest BCUT2D eigenvalue weighted by Gasteiger charge is -2.33. The zero-order valence-electron chi connectivity index (χ0n) is 17.5. The van der Waals surface area contributed by atoms with E-state index in [-0.39, 0.29) is 5.92 Å². The fourth-order valence-electron chi connectivity index (χ4n) is 5.69. The normalized spacial score (nSPS) is 18.4. The Kier molecular flexibility index (Phi) is 5.84. The molecule has 0 unspecified atom stereocenters. The number of anilines is 2. The number of imide groups is 1. The Bertz CT molecular complexity index is 973. The molecule has 6 nitrogen and oxygen atoms in total. The Labute approximate surface area is 177 Å². The summed E-state index contributed by atoms with van der Waals surface area (Å²) in [6.45, 7) is 0. The first-order valence-corrected chi connectivity index (χ1v) is 11.2. The first kappa shape index (κ1) is 20.5. The van der Waals surface area contributed by atoms with Crippen molar-refractivity contribution in [3.63, 3.8) is 0 Å². The van der Waals surface area contributed by atoms with Gasteiger partial charge in [0.25, 0.3) is 5.91 Å². The molecule has 0 radical (unpaired) electrons. The van der Waals surface area contributed by atoms with E-state index in [4.69, 9.17) is 17.2 Å². The third kappa shape index (κ3) is 3.71. The van der Waals surface area contributed by atoms with Crippen LogP contribution in [-0.4, -0.2) is 11.9 Å². The maximum Gasteiger partial charge on any atom is 0.319 e. The second-order valence-electron chi connectivity index (χ2n) is 8.87. The molecule has 0 spiro atoms. The highest BCUT2D eigenvalue weighted by Crippen LogP contribution is 2.49. The topological polar surface area (TPSA) is 124 Å². The lowest BCUT2D eigenvalue weighted by Crippen LogP contribution is -2.36. The van der Waals surface area contributed by atoms with Gasteiger partial charge in [-0.25, -0.2) is 4.79 Å². The molecule has 160 valence electrons. The van der Waals surface area contributed by atoms with E-state index in [0.717, 1.165) is 54.9 Å². The van der Waals surface area contributed by atoms with Crippen LogP contribution in [0.2, 0.25) is 0 Å². The predicted molar refractivity (Wildman–Crippen MR) is 121 cm³/mol. The van der Waals surface area contributed by atoms with Crippen LogP contribution < -0.4 is 22.5 Å². The van der Waals surface area contributed by atoms with Gasteiger partial charge in [0.15, 0.2) is 0 Å². The van der Waals surface area contributed by atoms with Gasteiger partial charge < -0.3 is 17.2 Å². The van der Waals surface area contributed by atoms with Gasteiger partial charge in [0, 0.05) is 16.5 Å². The molecule has 6 heteroatoms. The maximum absolute atomic E-state index is 13.2. The average molecular weight is 409 g/mol. The highest BCUT2D eigenvalue weighted by molar-refractivity contribution is 6.16. The summed E-state index contributed by atoms with van der Waals surface area (Å²) in [6.07, 6.45) is 11.3. The van der Waals surface area contributed by atoms with Crippen molar-refractivity contribution < 1.29 is 9.59 Å². The van der Waals surface area contributed by atoms with E-state index < -0.39 is 11.9 Å². The first-order chi connectivity index (χ1) is 14.5. The third-order valence-corrected chi connectivity index (χ3v) is 6.98. The molecule has 2 saturated carbocycles. The Hall–Kier alpha value is -2.76. The number of carbonyl (C=O) groups excluding carboxylic acids is 2. The molecule has 30 heavy (non-hydrogen) atoms. The Balaban J connectivity index is 2.05. The summed E-state index contributed by atoms with van der Waals surface area (Å²) in [4.78, 5) is 24.7. The summed E-state index contributed by atoms with van der Waals surface area (Å²) in [5.74, 6) is 0.0983. The van der Waals surface area contributed by atoms with Crippen LogP contribution in [0.15, 0.2) is 18.2 Å². The van der Waals surface area contributed by atoms with Gasteiger partial charge >= 0.3 is 6.03 Å². The molecule has 2 aromatic rings. The molecule has 0 bridgehead atoms. The van der Waals surface area contributed by atoms with Crippen LogP contribution >= 0.6 is 0 Å². The Morgan fingerprint density at radius 2 is 1.40 bits per heavy atom. The van der Waals surface area contributed by atoms with Crippen molar-refractivity contribution >= 4 is 34.1 Å². The standard InChI is InChI=1S/C24H32N4O2/c25-17-13-7-12-16-20(17)18(14-8-3-1-4-9-14)19(15-10-5-2-6-11-15)21(22(16)26)23(29)28-24(27)30/h7,12-15H,1-6,8-11,25-26H2,(H3,27,28,29,30). The summed E-state index contributed by atoms with van der Waals surface area (Å²) < 4.78 is 0. The summed E-state index contributed by atoms with van der Waals surface area (Å²) in [6, 6.07) is 4.86. The molecule has 0 atom stereocenters. The number of primary amides is 1. The van der Waals surface area contributed by atoms with E-state index in [1.165, 1.54) is 31.2 Å². The molecule has 7 N–H and O–H groups in total. The van der Waals surface area contributed by atoms with E-state index in [0.29, 0.717) is 22.9 Å². The quantitative estimate of drug-likeness (QED) is 0.539. The van der Waals surface area contributed by atoms with Crippen molar-refractivity contribution in [1.82, 2.24) is 5.32 Å². The molecule has 0 aliphatic heterocycles. The Morgan fingerprint density at radius 1 is 0.833 bits per heavy atom. The number of nitrogens with two attached hydrogens (primary N) is 3. The van der Waals surface area contributed by atoms with Crippen LogP contribution in [0.1, 0.15) is 97.5 Å². The largest absolute Gasteiger partial charge is 0.398 e. The van der Waals surface area contributed by atoms with Gasteiger partial charge in [-0.2, -0.15) is 0 Å². The van der Waals surface area contributed by atoms with E-state index >= 15 is 0 Å². The predicted octanol–water partition coefficient (Wildman–Crippen LogP) is 4.91. The minimum absolute atomic E-state index is 0.246. The average Bonchev–Trinajstić information content (AvgIpc) is 2.74. The zero-order chi connectivity index (χ0) is 21.3. The van der Waals surface area contributed by atoms with Gasteiger partial charge in [0.05, 0.1) is 11.3 Å². The maximum atomic E-state index is 13.2. The van der Waals surface area contributed by atoms with Crippen LogP contribution in [-0.2, 0) is 0 Å². The monoisotopic (exact) mass is 408 g/mol.